The van der Waals surface area contributed by atoms with Gasteiger partial charge in [0.2, 0.25) is 5.91 Å². The van der Waals surface area contributed by atoms with E-state index >= 15 is 0 Å². The van der Waals surface area contributed by atoms with Gasteiger partial charge in [0.15, 0.2) is 17.3 Å². The van der Waals surface area contributed by atoms with Crippen molar-refractivity contribution in [3.8, 4) is 11.5 Å². The third-order valence-corrected chi connectivity index (χ3v) is 8.89. The highest BCUT2D eigenvalue weighted by atomic mass is 35.5. The van der Waals surface area contributed by atoms with Crippen LogP contribution in [-0.4, -0.2) is 110 Å². The molecule has 12 heteroatoms. The lowest BCUT2D eigenvalue weighted by atomic mass is 10.0. The molecule has 0 radical (unpaired) electrons. The first-order valence-electron chi connectivity index (χ1n) is 16.3. The zero-order valence-electron chi connectivity index (χ0n) is 26.9. The number of anilines is 2. The second-order valence-electron chi connectivity index (χ2n) is 11.9. The van der Waals surface area contributed by atoms with Crippen molar-refractivity contribution in [2.75, 3.05) is 89.5 Å². The Morgan fingerprint density at radius 1 is 0.894 bits per heavy atom. The van der Waals surface area contributed by atoms with Gasteiger partial charge in [-0.3, -0.25) is 19.6 Å². The molecule has 4 heterocycles. The van der Waals surface area contributed by atoms with E-state index < -0.39 is 0 Å². The number of unbranched alkanes of at least 4 members (excludes halogenated alkanes) is 1. The number of methoxy groups -OCH3 is 1. The number of pyridine rings is 1. The Labute approximate surface area is 280 Å². The van der Waals surface area contributed by atoms with Gasteiger partial charge in [-0.25, -0.2) is 0 Å². The minimum atomic E-state index is -0.0506. The fourth-order valence-electron chi connectivity index (χ4n) is 6.03. The Balaban J connectivity index is 1.16. The van der Waals surface area contributed by atoms with Crippen LogP contribution in [0.1, 0.15) is 24.1 Å². The van der Waals surface area contributed by atoms with Crippen LogP contribution in [0.5, 0.6) is 11.5 Å². The number of hydrogen-bond acceptors (Lipinski definition) is 10. The van der Waals surface area contributed by atoms with Crippen molar-refractivity contribution < 1.29 is 19.0 Å². The first kappa shape index (κ1) is 32.9. The number of nitrogens with one attached hydrogen (secondary N) is 1. The predicted molar refractivity (Wildman–Crippen MR) is 184 cm³/mol. The average molecular weight is 660 g/mol. The van der Waals surface area contributed by atoms with Gasteiger partial charge in [0, 0.05) is 79.6 Å². The molecule has 2 aliphatic heterocycles. The van der Waals surface area contributed by atoms with Crippen LogP contribution in [0, 0.1) is 0 Å². The molecule has 0 bridgehead atoms. The van der Waals surface area contributed by atoms with Crippen LogP contribution in [-0.2, 0) is 16.0 Å². The Kier molecular flexibility index (Phi) is 11.3. The lowest BCUT2D eigenvalue weighted by molar-refractivity contribution is -0.117. The van der Waals surface area contributed by atoms with Crippen LogP contribution < -0.4 is 19.7 Å². The second kappa shape index (κ2) is 16.2. The van der Waals surface area contributed by atoms with Gasteiger partial charge >= 0.3 is 0 Å². The van der Waals surface area contributed by atoms with Crippen LogP contribution in [0.25, 0.3) is 10.8 Å². The summed E-state index contributed by atoms with van der Waals surface area (Å²) in [6, 6.07) is 15.2. The number of carbonyl (C=O) groups excluding carboxylic acids is 1. The normalized spacial score (nSPS) is 15.9. The number of hydrogen-bond donors (Lipinski definition) is 1. The molecule has 6 rings (SSSR count). The molecule has 248 valence electrons. The maximum atomic E-state index is 12.7. The van der Waals surface area contributed by atoms with Gasteiger partial charge in [-0.05, 0) is 73.5 Å². The summed E-state index contributed by atoms with van der Waals surface area (Å²) in [4.78, 5) is 23.7. The summed E-state index contributed by atoms with van der Waals surface area (Å²) in [7, 11) is 1.67. The lowest BCUT2D eigenvalue weighted by Gasteiger charge is -2.35. The second-order valence-corrected chi connectivity index (χ2v) is 12.3. The topological polar surface area (TPSA) is 105 Å². The average Bonchev–Trinajstić information content (AvgIpc) is 3.10. The summed E-state index contributed by atoms with van der Waals surface area (Å²) in [5.74, 6) is 2.14. The quantitative estimate of drug-likeness (QED) is 0.206. The zero-order chi connectivity index (χ0) is 32.4. The number of halogens is 1. The summed E-state index contributed by atoms with van der Waals surface area (Å²) in [6.45, 7) is 8.45. The van der Waals surface area contributed by atoms with Gasteiger partial charge in [0.1, 0.15) is 0 Å². The van der Waals surface area contributed by atoms with Crippen molar-refractivity contribution in [2.45, 2.75) is 19.3 Å². The number of morpholine rings is 1. The Morgan fingerprint density at radius 2 is 1.64 bits per heavy atom. The third-order valence-electron chi connectivity index (χ3n) is 8.64. The maximum Gasteiger partial charge on any atom is 0.238 e. The summed E-state index contributed by atoms with van der Waals surface area (Å²) in [6.07, 6.45) is 6.21. The fourth-order valence-corrected chi connectivity index (χ4v) is 6.15. The van der Waals surface area contributed by atoms with Crippen LogP contribution in [0.2, 0.25) is 5.02 Å². The molecule has 1 N–H and O–H groups in total. The summed E-state index contributed by atoms with van der Waals surface area (Å²) < 4.78 is 17.6. The highest BCUT2D eigenvalue weighted by Crippen LogP contribution is 2.38. The molecule has 2 fully saturated rings. The van der Waals surface area contributed by atoms with E-state index in [0.717, 1.165) is 92.3 Å². The SMILES string of the molecule is COc1cc2c(Cc3ccncc3)nnc(N3CCN(CC(=O)Nc4ccc(Cl)cc4)CC3)c2cc1OCCCCN1CCOCC1. The van der Waals surface area contributed by atoms with E-state index in [2.05, 4.69) is 31.1 Å². The molecule has 2 saturated heterocycles. The van der Waals surface area contributed by atoms with E-state index in [4.69, 9.17) is 36.0 Å². The van der Waals surface area contributed by atoms with Crippen molar-refractivity contribution in [2.24, 2.45) is 0 Å². The number of piperazine rings is 1. The van der Waals surface area contributed by atoms with E-state index in [1.807, 2.05) is 18.2 Å². The zero-order valence-corrected chi connectivity index (χ0v) is 27.6. The van der Waals surface area contributed by atoms with Crippen molar-refractivity contribution in [3.05, 3.63) is 77.2 Å². The van der Waals surface area contributed by atoms with Gasteiger partial charge in [0.25, 0.3) is 0 Å². The molecule has 11 nitrogen and oxygen atoms in total. The number of amides is 1. The van der Waals surface area contributed by atoms with Gasteiger partial charge < -0.3 is 24.4 Å². The number of rotatable bonds is 13. The Bertz CT molecular complexity index is 1610. The smallest absolute Gasteiger partial charge is 0.238 e. The highest BCUT2D eigenvalue weighted by molar-refractivity contribution is 6.30. The van der Waals surface area contributed by atoms with Crippen molar-refractivity contribution >= 4 is 39.8 Å². The number of aromatic nitrogens is 3. The molecule has 4 aromatic rings. The molecule has 2 aromatic heterocycles. The first-order valence-corrected chi connectivity index (χ1v) is 16.7. The summed E-state index contributed by atoms with van der Waals surface area (Å²) in [5, 5.41) is 15.0. The van der Waals surface area contributed by atoms with Gasteiger partial charge in [0.05, 0.1) is 39.2 Å². The maximum absolute atomic E-state index is 12.7. The van der Waals surface area contributed by atoms with E-state index in [0.29, 0.717) is 49.2 Å². The monoisotopic (exact) mass is 659 g/mol. The van der Waals surface area contributed by atoms with Crippen molar-refractivity contribution in [1.29, 1.82) is 0 Å². The number of benzene rings is 2. The Hall–Kier alpha value is -4.03. The molecule has 2 aromatic carbocycles. The molecule has 1 amide bonds. The minimum absolute atomic E-state index is 0.0506. The van der Waals surface area contributed by atoms with E-state index in [9.17, 15) is 4.79 Å². The van der Waals surface area contributed by atoms with E-state index in [1.54, 1.807) is 43.8 Å². The Morgan fingerprint density at radius 3 is 2.38 bits per heavy atom. The largest absolute Gasteiger partial charge is 0.493 e. The van der Waals surface area contributed by atoms with Gasteiger partial charge in [-0.2, -0.15) is 5.10 Å². The first-order chi connectivity index (χ1) is 23.1. The summed E-state index contributed by atoms with van der Waals surface area (Å²) >= 11 is 5.98. The molecule has 0 atom stereocenters. The van der Waals surface area contributed by atoms with Crippen LogP contribution in [0.15, 0.2) is 60.9 Å². The van der Waals surface area contributed by atoms with Crippen LogP contribution >= 0.6 is 11.6 Å². The van der Waals surface area contributed by atoms with E-state index in [1.165, 1.54) is 0 Å². The third kappa shape index (κ3) is 8.86. The molecular weight excluding hydrogens is 618 g/mol. The lowest BCUT2D eigenvalue weighted by Crippen LogP contribution is -2.49. The number of carbonyl (C=O) groups is 1. The van der Waals surface area contributed by atoms with Crippen LogP contribution in [0.3, 0.4) is 0 Å². The number of fused-ring (bicyclic) bond motifs is 1. The minimum Gasteiger partial charge on any atom is -0.493 e. The van der Waals surface area contributed by atoms with Crippen LogP contribution in [0.4, 0.5) is 11.5 Å². The van der Waals surface area contributed by atoms with E-state index in [-0.39, 0.29) is 5.91 Å². The van der Waals surface area contributed by atoms with Gasteiger partial charge in [-0.1, -0.05) is 11.6 Å². The molecule has 0 unspecified atom stereocenters. The van der Waals surface area contributed by atoms with Crippen molar-refractivity contribution in [1.82, 2.24) is 25.0 Å². The molecule has 0 spiro atoms. The molecule has 2 aliphatic rings. The predicted octanol–water partition coefficient (Wildman–Crippen LogP) is 4.53. The summed E-state index contributed by atoms with van der Waals surface area (Å²) in [5.41, 5.74) is 2.70. The number of nitrogens with zero attached hydrogens (tertiary/aromatic N) is 6. The number of ether oxygens (including phenoxy) is 3. The standard InChI is InChI=1S/C35H42ClN7O4/c1-45-32-23-29-30(24-33(32)47-19-3-2-12-41-17-20-46-21-18-41)35(40-39-31(29)22-26-8-10-37-11-9-26)43-15-13-42(14-16-43)25-34(44)38-28-6-4-27(36)5-7-28/h4-11,23-24H,2-3,12-22,25H2,1H3,(H,38,44). The molecule has 0 saturated carbocycles. The highest BCUT2D eigenvalue weighted by Gasteiger charge is 2.24. The molecular formula is C35H42ClN7O4. The van der Waals surface area contributed by atoms with Gasteiger partial charge in [-0.15, -0.1) is 5.10 Å². The fraction of sp³-hybridized carbons (Fsp3) is 0.429. The molecule has 47 heavy (non-hydrogen) atoms. The van der Waals surface area contributed by atoms with Crippen molar-refractivity contribution in [3.63, 3.8) is 0 Å². The molecule has 0 aliphatic carbocycles.